The topological polar surface area (TPSA) is 55.1 Å². The quantitative estimate of drug-likeness (QED) is 0.885. The Morgan fingerprint density at radius 3 is 2.48 bits per heavy atom. The third-order valence-electron chi connectivity index (χ3n) is 3.67. The van der Waals surface area contributed by atoms with Crippen LogP contribution >= 0.6 is 0 Å². The van der Waals surface area contributed by atoms with Gasteiger partial charge in [-0.25, -0.2) is 0 Å². The summed E-state index contributed by atoms with van der Waals surface area (Å²) in [5.41, 5.74) is 11.3. The van der Waals surface area contributed by atoms with Crippen LogP contribution in [0.15, 0.2) is 42.5 Å². The first kappa shape index (κ1) is 15.3. The summed E-state index contributed by atoms with van der Waals surface area (Å²) in [6.07, 6.45) is 0.415. The van der Waals surface area contributed by atoms with Crippen LogP contribution in [-0.2, 0) is 24.3 Å². The average molecular weight is 282 g/mol. The summed E-state index contributed by atoms with van der Waals surface area (Å²) in [7, 11) is 0. The van der Waals surface area contributed by atoms with Gasteiger partial charge >= 0.3 is 0 Å². The number of hydrogen-bond donors (Lipinski definition) is 2. The minimum atomic E-state index is 0.0375. The fraction of sp³-hybridized carbons (Fsp3) is 0.278. The summed E-state index contributed by atoms with van der Waals surface area (Å²) in [4.78, 5) is 12.1. The molecule has 0 atom stereocenters. The fourth-order valence-corrected chi connectivity index (χ4v) is 2.35. The van der Waals surface area contributed by atoms with Gasteiger partial charge in [-0.1, -0.05) is 48.0 Å². The molecule has 0 heterocycles. The van der Waals surface area contributed by atoms with Crippen molar-refractivity contribution < 1.29 is 4.79 Å². The molecule has 3 heteroatoms. The van der Waals surface area contributed by atoms with Gasteiger partial charge < -0.3 is 11.1 Å². The highest BCUT2D eigenvalue weighted by Crippen LogP contribution is 2.12. The molecule has 0 aliphatic heterocycles. The summed E-state index contributed by atoms with van der Waals surface area (Å²) in [6.45, 7) is 5.09. The fourth-order valence-electron chi connectivity index (χ4n) is 2.35. The number of carbonyl (C=O) groups excluding carboxylic acids is 1. The van der Waals surface area contributed by atoms with Gasteiger partial charge in [0.25, 0.3) is 0 Å². The van der Waals surface area contributed by atoms with Gasteiger partial charge in [-0.15, -0.1) is 0 Å². The van der Waals surface area contributed by atoms with Gasteiger partial charge in [-0.2, -0.15) is 0 Å². The Morgan fingerprint density at radius 2 is 1.76 bits per heavy atom. The number of amides is 1. The van der Waals surface area contributed by atoms with E-state index in [1.54, 1.807) is 0 Å². The predicted octanol–water partition coefficient (Wildman–Crippen LogP) is 2.62. The van der Waals surface area contributed by atoms with Crippen LogP contribution in [0.4, 0.5) is 0 Å². The molecule has 0 saturated carbocycles. The Balaban J connectivity index is 1.97. The van der Waals surface area contributed by atoms with Crippen molar-refractivity contribution in [2.75, 3.05) is 0 Å². The van der Waals surface area contributed by atoms with Crippen molar-refractivity contribution in [3.63, 3.8) is 0 Å². The third-order valence-corrected chi connectivity index (χ3v) is 3.67. The molecule has 2 aromatic rings. The number of nitrogens with one attached hydrogen (secondary N) is 1. The standard InChI is InChI=1S/C18H22N2O/c1-13-7-8-14(2)17(9-13)10-18(21)20-12-16-6-4-3-5-15(16)11-19/h3-9H,10-12,19H2,1-2H3,(H,20,21). The molecule has 1 amide bonds. The number of rotatable bonds is 5. The number of aryl methyl sites for hydroxylation is 2. The molecular weight excluding hydrogens is 260 g/mol. The van der Waals surface area contributed by atoms with Gasteiger partial charge in [0.1, 0.15) is 0 Å². The minimum Gasteiger partial charge on any atom is -0.352 e. The predicted molar refractivity (Wildman–Crippen MR) is 85.8 cm³/mol. The highest BCUT2D eigenvalue weighted by Gasteiger charge is 2.07. The van der Waals surface area contributed by atoms with Gasteiger partial charge in [0, 0.05) is 13.1 Å². The van der Waals surface area contributed by atoms with Crippen LogP contribution in [0.2, 0.25) is 0 Å². The van der Waals surface area contributed by atoms with Gasteiger partial charge in [-0.05, 0) is 36.1 Å². The minimum absolute atomic E-state index is 0.0375. The van der Waals surface area contributed by atoms with E-state index in [0.717, 1.165) is 22.3 Å². The second kappa shape index (κ2) is 7.04. The molecular formula is C18H22N2O. The molecule has 0 spiro atoms. The van der Waals surface area contributed by atoms with Crippen molar-refractivity contribution in [1.29, 1.82) is 0 Å². The van der Waals surface area contributed by atoms with Gasteiger partial charge in [0.2, 0.25) is 5.91 Å². The van der Waals surface area contributed by atoms with E-state index in [1.165, 1.54) is 5.56 Å². The van der Waals surface area contributed by atoms with Crippen molar-refractivity contribution in [3.05, 3.63) is 70.3 Å². The monoisotopic (exact) mass is 282 g/mol. The Labute approximate surface area is 126 Å². The Hall–Kier alpha value is -2.13. The van der Waals surface area contributed by atoms with Gasteiger partial charge in [0.15, 0.2) is 0 Å². The summed E-state index contributed by atoms with van der Waals surface area (Å²) in [5, 5.41) is 2.97. The van der Waals surface area contributed by atoms with Crippen molar-refractivity contribution in [3.8, 4) is 0 Å². The lowest BCUT2D eigenvalue weighted by Gasteiger charge is -2.10. The highest BCUT2D eigenvalue weighted by molar-refractivity contribution is 5.79. The zero-order chi connectivity index (χ0) is 15.2. The summed E-state index contributed by atoms with van der Waals surface area (Å²) in [5.74, 6) is 0.0375. The molecule has 0 radical (unpaired) electrons. The third kappa shape index (κ3) is 4.17. The van der Waals surface area contributed by atoms with E-state index >= 15 is 0 Å². The number of benzene rings is 2. The number of carbonyl (C=O) groups is 1. The molecule has 3 nitrogen and oxygen atoms in total. The number of nitrogens with two attached hydrogens (primary N) is 1. The highest BCUT2D eigenvalue weighted by atomic mass is 16.1. The maximum atomic E-state index is 12.1. The van der Waals surface area contributed by atoms with Crippen LogP contribution < -0.4 is 11.1 Å². The van der Waals surface area contributed by atoms with E-state index in [4.69, 9.17) is 5.73 Å². The van der Waals surface area contributed by atoms with Crippen molar-refractivity contribution in [2.45, 2.75) is 33.4 Å². The lowest BCUT2D eigenvalue weighted by atomic mass is 10.0. The van der Waals surface area contributed by atoms with E-state index < -0.39 is 0 Å². The Morgan fingerprint density at radius 1 is 1.05 bits per heavy atom. The summed E-state index contributed by atoms with van der Waals surface area (Å²) in [6, 6.07) is 14.1. The first-order chi connectivity index (χ1) is 10.1. The molecule has 2 aromatic carbocycles. The first-order valence-electron chi connectivity index (χ1n) is 7.20. The molecule has 0 aliphatic rings. The first-order valence-corrected chi connectivity index (χ1v) is 7.20. The second-order valence-electron chi connectivity index (χ2n) is 5.36. The van der Waals surface area contributed by atoms with E-state index in [-0.39, 0.29) is 5.91 Å². The molecule has 0 fully saturated rings. The molecule has 2 rings (SSSR count). The molecule has 0 aromatic heterocycles. The van der Waals surface area contributed by atoms with Crippen LogP contribution in [0, 0.1) is 13.8 Å². The van der Waals surface area contributed by atoms with E-state index in [9.17, 15) is 4.79 Å². The zero-order valence-electron chi connectivity index (χ0n) is 12.6. The van der Waals surface area contributed by atoms with Crippen LogP contribution in [-0.4, -0.2) is 5.91 Å². The molecule has 0 bridgehead atoms. The largest absolute Gasteiger partial charge is 0.352 e. The lowest BCUT2D eigenvalue weighted by molar-refractivity contribution is -0.120. The smallest absolute Gasteiger partial charge is 0.224 e. The van der Waals surface area contributed by atoms with Crippen LogP contribution in [0.25, 0.3) is 0 Å². The van der Waals surface area contributed by atoms with Crippen molar-refractivity contribution in [2.24, 2.45) is 5.73 Å². The molecule has 0 unspecified atom stereocenters. The molecule has 3 N–H and O–H groups in total. The van der Waals surface area contributed by atoms with E-state index in [0.29, 0.717) is 19.5 Å². The maximum absolute atomic E-state index is 12.1. The van der Waals surface area contributed by atoms with E-state index in [2.05, 4.69) is 23.5 Å². The maximum Gasteiger partial charge on any atom is 0.224 e. The van der Waals surface area contributed by atoms with E-state index in [1.807, 2.05) is 38.1 Å². The molecule has 0 aliphatic carbocycles. The number of hydrogen-bond acceptors (Lipinski definition) is 2. The van der Waals surface area contributed by atoms with Crippen molar-refractivity contribution in [1.82, 2.24) is 5.32 Å². The Bertz CT molecular complexity index is 635. The summed E-state index contributed by atoms with van der Waals surface area (Å²) < 4.78 is 0. The Kier molecular flexibility index (Phi) is 5.12. The van der Waals surface area contributed by atoms with Crippen LogP contribution in [0.3, 0.4) is 0 Å². The van der Waals surface area contributed by atoms with Crippen LogP contribution in [0.5, 0.6) is 0 Å². The van der Waals surface area contributed by atoms with Gasteiger partial charge in [0.05, 0.1) is 6.42 Å². The van der Waals surface area contributed by atoms with Crippen LogP contribution in [0.1, 0.15) is 27.8 Å². The molecule has 110 valence electrons. The lowest BCUT2D eigenvalue weighted by Crippen LogP contribution is -2.25. The zero-order valence-corrected chi connectivity index (χ0v) is 12.6. The summed E-state index contributed by atoms with van der Waals surface area (Å²) >= 11 is 0. The second-order valence-corrected chi connectivity index (χ2v) is 5.36. The molecule has 0 saturated heterocycles. The average Bonchev–Trinajstić information content (AvgIpc) is 2.49. The van der Waals surface area contributed by atoms with Gasteiger partial charge in [-0.3, -0.25) is 4.79 Å². The normalized spacial score (nSPS) is 10.4. The SMILES string of the molecule is Cc1ccc(C)c(CC(=O)NCc2ccccc2CN)c1. The molecule has 21 heavy (non-hydrogen) atoms. The van der Waals surface area contributed by atoms with Crippen molar-refractivity contribution >= 4 is 5.91 Å².